The van der Waals surface area contributed by atoms with Crippen molar-refractivity contribution >= 4 is 45.1 Å². The third-order valence-electron chi connectivity index (χ3n) is 5.76. The monoisotopic (exact) mass is 588 g/mol. The van der Waals surface area contributed by atoms with Gasteiger partial charge in [0.05, 0.1) is 30.9 Å². The Morgan fingerprint density at radius 3 is 2.15 bits per heavy atom. The molecule has 9 nitrogen and oxygen atoms in total. The fourth-order valence-electron chi connectivity index (χ4n) is 3.73. The Morgan fingerprint density at radius 2 is 1.56 bits per heavy atom. The van der Waals surface area contributed by atoms with Crippen molar-refractivity contribution in [1.82, 2.24) is 13.9 Å². The number of carbonyl (C=O) groups is 1. The second-order valence-electron chi connectivity index (χ2n) is 8.36. The van der Waals surface area contributed by atoms with E-state index in [9.17, 15) is 13.2 Å². The maximum Gasteiger partial charge on any atom is 0.243 e. The van der Waals surface area contributed by atoms with Crippen molar-refractivity contribution in [3.8, 4) is 22.7 Å². The lowest BCUT2D eigenvalue weighted by molar-refractivity contribution is -0.116. The number of rotatable bonds is 11. The highest BCUT2D eigenvalue weighted by atomic mass is 35.5. The molecule has 1 N–H and O–H groups in total. The summed E-state index contributed by atoms with van der Waals surface area (Å²) in [5, 5.41) is 3.75. The van der Waals surface area contributed by atoms with E-state index in [2.05, 4.69) is 10.3 Å². The van der Waals surface area contributed by atoms with Crippen LogP contribution in [0, 0.1) is 0 Å². The van der Waals surface area contributed by atoms with Crippen molar-refractivity contribution in [2.45, 2.75) is 4.90 Å². The average Bonchev–Trinajstić information content (AvgIpc) is 3.35. The molecule has 0 fully saturated rings. The van der Waals surface area contributed by atoms with E-state index in [1.807, 2.05) is 24.3 Å². The van der Waals surface area contributed by atoms with Gasteiger partial charge in [0.15, 0.2) is 0 Å². The molecule has 39 heavy (non-hydrogen) atoms. The zero-order valence-corrected chi connectivity index (χ0v) is 23.5. The number of anilines is 1. The normalized spacial score (nSPS) is 11.5. The van der Waals surface area contributed by atoms with Gasteiger partial charge in [0.25, 0.3) is 0 Å². The number of carbonyl (C=O) groups excluding carboxylic acids is 1. The van der Waals surface area contributed by atoms with Crippen molar-refractivity contribution < 1.29 is 22.7 Å². The number of amides is 1. The van der Waals surface area contributed by atoms with E-state index < -0.39 is 22.5 Å². The first kappa shape index (κ1) is 28.6. The highest BCUT2D eigenvalue weighted by molar-refractivity contribution is 7.89. The minimum atomic E-state index is -4.01. The van der Waals surface area contributed by atoms with Crippen LogP contribution in [0.3, 0.4) is 0 Å². The number of hydrogen-bond acceptors (Lipinski definition) is 6. The van der Waals surface area contributed by atoms with E-state index in [0.717, 1.165) is 9.87 Å². The quantitative estimate of drug-likeness (QED) is 0.260. The molecule has 0 aliphatic heterocycles. The molecule has 3 aromatic carbocycles. The van der Waals surface area contributed by atoms with Gasteiger partial charge in [-0.2, -0.15) is 4.31 Å². The van der Waals surface area contributed by atoms with Gasteiger partial charge in [-0.15, -0.1) is 0 Å². The molecular formula is C27H26Cl2N4O5S. The summed E-state index contributed by atoms with van der Waals surface area (Å²) in [6.45, 7) is -0.390. The molecule has 0 saturated heterocycles. The predicted octanol–water partition coefficient (Wildman–Crippen LogP) is 5.13. The predicted molar refractivity (Wildman–Crippen MR) is 151 cm³/mol. The van der Waals surface area contributed by atoms with Gasteiger partial charge in [-0.1, -0.05) is 35.3 Å². The number of nitrogens with one attached hydrogen (secondary N) is 1. The van der Waals surface area contributed by atoms with E-state index in [4.69, 9.17) is 32.7 Å². The van der Waals surface area contributed by atoms with Crippen LogP contribution in [0.15, 0.2) is 83.9 Å². The molecule has 4 aromatic rings. The Labute approximate surface area is 236 Å². The molecule has 0 atom stereocenters. The van der Waals surface area contributed by atoms with Crippen molar-refractivity contribution in [1.29, 1.82) is 0 Å². The minimum absolute atomic E-state index is 0.0144. The smallest absolute Gasteiger partial charge is 0.243 e. The Balaban J connectivity index is 1.64. The molecule has 4 rings (SSSR count). The van der Waals surface area contributed by atoms with Gasteiger partial charge in [-0.3, -0.25) is 14.7 Å². The van der Waals surface area contributed by atoms with Crippen molar-refractivity contribution in [3.63, 3.8) is 0 Å². The summed E-state index contributed by atoms with van der Waals surface area (Å²) < 4.78 is 39.7. The number of ether oxygens (including phenoxy) is 2. The maximum atomic E-state index is 13.3. The topological polar surface area (TPSA) is 103 Å². The Kier molecular flexibility index (Phi) is 9.26. The van der Waals surface area contributed by atoms with Gasteiger partial charge in [-0.25, -0.2) is 13.4 Å². The number of nitrogens with zero attached hydrogens (tertiary/aromatic N) is 3. The molecule has 1 amide bonds. The Hall–Kier alpha value is -3.41. The zero-order chi connectivity index (χ0) is 28.0. The molecule has 0 unspecified atom stereocenters. The molecule has 1 heterocycles. The Bertz CT molecular complexity index is 1520. The van der Waals surface area contributed by atoms with Gasteiger partial charge in [0.1, 0.15) is 5.75 Å². The van der Waals surface area contributed by atoms with Gasteiger partial charge >= 0.3 is 0 Å². The molecule has 0 aliphatic carbocycles. The molecule has 12 heteroatoms. The maximum absolute atomic E-state index is 13.3. The molecule has 0 radical (unpaired) electrons. The third-order valence-corrected chi connectivity index (χ3v) is 8.13. The van der Waals surface area contributed by atoms with Gasteiger partial charge in [-0.05, 0) is 60.7 Å². The van der Waals surface area contributed by atoms with Crippen molar-refractivity contribution in [3.05, 3.63) is 89.0 Å². The molecule has 0 bridgehead atoms. The van der Waals surface area contributed by atoms with Crippen LogP contribution in [-0.2, 0) is 19.6 Å². The number of sulfonamides is 1. The molecule has 0 spiro atoms. The fraction of sp³-hybridized carbons (Fsp3) is 0.185. The van der Waals surface area contributed by atoms with Crippen LogP contribution >= 0.6 is 23.2 Å². The van der Waals surface area contributed by atoms with Gasteiger partial charge in [0, 0.05) is 41.1 Å². The number of halogens is 2. The first-order valence-electron chi connectivity index (χ1n) is 11.8. The Morgan fingerprint density at radius 1 is 0.949 bits per heavy atom. The summed E-state index contributed by atoms with van der Waals surface area (Å²) in [7, 11) is -0.980. The summed E-state index contributed by atoms with van der Waals surface area (Å²) in [5.74, 6) is 0.306. The van der Waals surface area contributed by atoms with Crippen LogP contribution in [0.25, 0.3) is 16.9 Å². The lowest BCUT2D eigenvalue weighted by atomic mass is 10.2. The van der Waals surface area contributed by atoms with Crippen LogP contribution in [0.4, 0.5) is 5.95 Å². The van der Waals surface area contributed by atoms with Crippen molar-refractivity contribution in [2.24, 2.45) is 0 Å². The zero-order valence-electron chi connectivity index (χ0n) is 21.2. The van der Waals surface area contributed by atoms with E-state index in [1.54, 1.807) is 42.1 Å². The summed E-state index contributed by atoms with van der Waals surface area (Å²) in [4.78, 5) is 17.9. The summed E-state index contributed by atoms with van der Waals surface area (Å²) >= 11 is 12.0. The largest absolute Gasteiger partial charge is 0.497 e. The van der Waals surface area contributed by atoms with E-state index in [1.165, 1.54) is 31.4 Å². The van der Waals surface area contributed by atoms with Crippen LogP contribution in [0.5, 0.6) is 5.75 Å². The molecule has 1 aromatic heterocycles. The number of methoxy groups -OCH3 is 2. The number of imidazole rings is 1. The van der Waals surface area contributed by atoms with E-state index >= 15 is 0 Å². The van der Waals surface area contributed by atoms with Crippen LogP contribution < -0.4 is 10.1 Å². The second-order valence-corrected chi connectivity index (χ2v) is 11.2. The molecule has 204 valence electrons. The lowest BCUT2D eigenvalue weighted by Crippen LogP contribution is -2.40. The van der Waals surface area contributed by atoms with Gasteiger partial charge < -0.3 is 9.47 Å². The summed E-state index contributed by atoms with van der Waals surface area (Å²) in [6, 6.07) is 20.1. The minimum Gasteiger partial charge on any atom is -0.497 e. The summed E-state index contributed by atoms with van der Waals surface area (Å²) in [5.41, 5.74) is 2.08. The SMILES string of the molecule is COCCN(CC(=O)Nc1nc(-c2ccc(Cl)cc2)cn1-c1ccc(OC)cc1)S(=O)(=O)c1ccc(Cl)cc1. The molecule has 0 saturated carbocycles. The first-order chi connectivity index (χ1) is 18.7. The standard InChI is InChI=1S/C27H26Cl2N4O5S/c1-37-16-15-32(39(35,36)24-13-7-21(29)8-14-24)18-26(34)31-27-30-25(19-3-5-20(28)6-4-19)17-33(27)22-9-11-23(38-2)12-10-22/h3-14,17H,15-16,18H2,1-2H3,(H,30,31,34). The number of hydrogen-bond donors (Lipinski definition) is 1. The van der Waals surface area contributed by atoms with Crippen LogP contribution in [0.1, 0.15) is 0 Å². The first-order valence-corrected chi connectivity index (χ1v) is 13.9. The third kappa shape index (κ3) is 6.97. The van der Waals surface area contributed by atoms with Crippen LogP contribution in [-0.4, -0.2) is 62.1 Å². The van der Waals surface area contributed by atoms with E-state index in [0.29, 0.717) is 27.2 Å². The van der Waals surface area contributed by atoms with Gasteiger partial charge in [0.2, 0.25) is 21.9 Å². The number of benzene rings is 3. The average molecular weight is 590 g/mol. The summed E-state index contributed by atoms with van der Waals surface area (Å²) in [6.07, 6.45) is 1.77. The highest BCUT2D eigenvalue weighted by Crippen LogP contribution is 2.27. The lowest BCUT2D eigenvalue weighted by Gasteiger charge is -2.21. The molecule has 0 aliphatic rings. The second kappa shape index (κ2) is 12.6. The van der Waals surface area contributed by atoms with Crippen molar-refractivity contribution in [2.75, 3.05) is 39.2 Å². The molecular weight excluding hydrogens is 563 g/mol. The highest BCUT2D eigenvalue weighted by Gasteiger charge is 2.27. The number of aromatic nitrogens is 2. The fourth-order valence-corrected chi connectivity index (χ4v) is 5.36. The van der Waals surface area contributed by atoms with Crippen LogP contribution in [0.2, 0.25) is 10.0 Å². The van der Waals surface area contributed by atoms with E-state index in [-0.39, 0.29) is 24.0 Å².